The fraction of sp³-hybridized carbons (Fsp3) is 0.458. The van der Waals surface area contributed by atoms with Gasteiger partial charge in [0.1, 0.15) is 6.10 Å². The molecule has 30 heavy (non-hydrogen) atoms. The first-order chi connectivity index (χ1) is 14.2. The van der Waals surface area contributed by atoms with Gasteiger partial charge in [0, 0.05) is 12.5 Å². The summed E-state index contributed by atoms with van der Waals surface area (Å²) in [4.78, 5) is 12.4. The SMILES string of the molecule is CC(C)(C)[Si](OC[C@H]1C[C@H](O)[C@H](O)C(=O)[C@@H]1CO)(c1ccccc1)c1ccccc1. The molecule has 1 saturated carbocycles. The first kappa shape index (κ1) is 22.8. The van der Waals surface area contributed by atoms with E-state index in [1.807, 2.05) is 36.4 Å². The zero-order chi connectivity index (χ0) is 21.9. The molecule has 6 heteroatoms. The van der Waals surface area contributed by atoms with Gasteiger partial charge in [0.15, 0.2) is 5.78 Å². The normalized spacial score (nSPS) is 25.3. The summed E-state index contributed by atoms with van der Waals surface area (Å²) in [6, 6.07) is 20.4. The standard InChI is InChI=1S/C24H32O5Si/c1-24(2,3)30(18-10-6-4-7-11-18,19-12-8-5-9-13-19)29-16-17-14-21(26)23(28)22(27)20(17)15-25/h4-13,17,20-21,23,25-26,28H,14-16H2,1-3H3/t17-,20-,21+,23+/m1/s1. The second-order valence-corrected chi connectivity index (χ2v) is 13.5. The molecule has 162 valence electrons. The number of ketones is 1. The van der Waals surface area contributed by atoms with Crippen LogP contribution in [-0.2, 0) is 9.22 Å². The Morgan fingerprint density at radius 2 is 1.47 bits per heavy atom. The number of benzene rings is 2. The van der Waals surface area contributed by atoms with E-state index in [0.29, 0.717) is 0 Å². The summed E-state index contributed by atoms with van der Waals surface area (Å²) in [5, 5.41) is 32.0. The van der Waals surface area contributed by atoms with Crippen LogP contribution in [0, 0.1) is 11.8 Å². The van der Waals surface area contributed by atoms with E-state index in [1.165, 1.54) is 0 Å². The van der Waals surface area contributed by atoms with Crippen LogP contribution < -0.4 is 10.4 Å². The molecule has 0 aromatic heterocycles. The Morgan fingerprint density at radius 3 is 1.90 bits per heavy atom. The van der Waals surface area contributed by atoms with Crippen molar-refractivity contribution in [2.24, 2.45) is 11.8 Å². The van der Waals surface area contributed by atoms with Gasteiger partial charge in [-0.25, -0.2) is 0 Å². The average Bonchev–Trinajstić information content (AvgIpc) is 2.73. The Morgan fingerprint density at radius 1 is 0.967 bits per heavy atom. The molecule has 0 heterocycles. The number of hydrogen-bond acceptors (Lipinski definition) is 5. The lowest BCUT2D eigenvalue weighted by Crippen LogP contribution is -2.67. The van der Waals surface area contributed by atoms with E-state index in [4.69, 9.17) is 4.43 Å². The molecular weight excluding hydrogens is 396 g/mol. The molecule has 4 atom stereocenters. The van der Waals surface area contributed by atoms with Crippen LogP contribution in [0.5, 0.6) is 0 Å². The minimum Gasteiger partial charge on any atom is -0.407 e. The van der Waals surface area contributed by atoms with Crippen molar-refractivity contribution in [1.29, 1.82) is 0 Å². The molecule has 1 aliphatic carbocycles. The largest absolute Gasteiger partial charge is 0.407 e. The maximum Gasteiger partial charge on any atom is 0.261 e. The van der Waals surface area contributed by atoms with E-state index in [0.717, 1.165) is 10.4 Å². The highest BCUT2D eigenvalue weighted by Gasteiger charge is 2.51. The van der Waals surface area contributed by atoms with E-state index < -0.39 is 32.2 Å². The van der Waals surface area contributed by atoms with E-state index in [2.05, 4.69) is 45.0 Å². The van der Waals surface area contributed by atoms with E-state index in [-0.39, 0.29) is 30.6 Å². The summed E-state index contributed by atoms with van der Waals surface area (Å²) < 4.78 is 6.85. The zero-order valence-electron chi connectivity index (χ0n) is 17.9. The minimum absolute atomic E-state index is 0.207. The summed E-state index contributed by atoms with van der Waals surface area (Å²) in [6.07, 6.45) is -2.35. The molecule has 0 radical (unpaired) electrons. The first-order valence-electron chi connectivity index (χ1n) is 10.5. The Kier molecular flexibility index (Phi) is 6.94. The Labute approximate surface area is 179 Å². The minimum atomic E-state index is -2.77. The molecular formula is C24H32O5Si. The predicted molar refractivity (Wildman–Crippen MR) is 119 cm³/mol. The third-order valence-electron chi connectivity index (χ3n) is 6.26. The number of carbonyl (C=O) groups excluding carboxylic acids is 1. The summed E-state index contributed by atoms with van der Waals surface area (Å²) in [6.45, 7) is 6.39. The lowest BCUT2D eigenvalue weighted by atomic mass is 9.76. The molecule has 5 nitrogen and oxygen atoms in total. The van der Waals surface area contributed by atoms with Gasteiger partial charge >= 0.3 is 0 Å². The van der Waals surface area contributed by atoms with Gasteiger partial charge in [0.2, 0.25) is 0 Å². The molecule has 0 amide bonds. The lowest BCUT2D eigenvalue weighted by molar-refractivity contribution is -0.149. The highest BCUT2D eigenvalue weighted by molar-refractivity contribution is 6.99. The molecule has 1 fully saturated rings. The Hall–Kier alpha value is -1.83. The number of aliphatic hydroxyl groups excluding tert-OH is 3. The highest BCUT2D eigenvalue weighted by atomic mass is 28.4. The molecule has 0 spiro atoms. The van der Waals surface area contributed by atoms with Crippen molar-refractivity contribution in [3.05, 3.63) is 60.7 Å². The van der Waals surface area contributed by atoms with Gasteiger partial charge < -0.3 is 19.7 Å². The van der Waals surface area contributed by atoms with E-state index in [9.17, 15) is 20.1 Å². The molecule has 3 N–H and O–H groups in total. The van der Waals surface area contributed by atoms with Crippen molar-refractivity contribution < 1.29 is 24.5 Å². The van der Waals surface area contributed by atoms with Crippen LogP contribution in [0.15, 0.2) is 60.7 Å². The number of Topliss-reactive ketones (excluding diaryl/α,β-unsaturated/α-hetero) is 1. The fourth-order valence-corrected chi connectivity index (χ4v) is 9.28. The quantitative estimate of drug-likeness (QED) is 0.607. The van der Waals surface area contributed by atoms with Crippen LogP contribution in [0.3, 0.4) is 0 Å². The maximum absolute atomic E-state index is 12.4. The third kappa shape index (κ3) is 4.15. The Bertz CT molecular complexity index is 794. The average molecular weight is 429 g/mol. The topological polar surface area (TPSA) is 87.0 Å². The van der Waals surface area contributed by atoms with Gasteiger partial charge in [-0.1, -0.05) is 81.4 Å². The third-order valence-corrected chi connectivity index (χ3v) is 11.3. The van der Waals surface area contributed by atoms with Crippen LogP contribution in [0.1, 0.15) is 27.2 Å². The zero-order valence-corrected chi connectivity index (χ0v) is 18.9. The monoisotopic (exact) mass is 428 g/mol. The molecule has 0 bridgehead atoms. The molecule has 2 aromatic carbocycles. The second kappa shape index (κ2) is 9.12. The lowest BCUT2D eigenvalue weighted by Gasteiger charge is -2.45. The van der Waals surface area contributed by atoms with Crippen molar-refractivity contribution in [2.75, 3.05) is 13.2 Å². The van der Waals surface area contributed by atoms with Gasteiger partial charge in [0.05, 0.1) is 12.7 Å². The maximum atomic E-state index is 12.4. The first-order valence-corrected chi connectivity index (χ1v) is 12.4. The van der Waals surface area contributed by atoms with Crippen molar-refractivity contribution >= 4 is 24.5 Å². The summed E-state index contributed by atoms with van der Waals surface area (Å²) in [7, 11) is -2.77. The van der Waals surface area contributed by atoms with Crippen LogP contribution in [-0.4, -0.2) is 54.8 Å². The van der Waals surface area contributed by atoms with Crippen LogP contribution >= 0.6 is 0 Å². The highest BCUT2D eigenvalue weighted by Crippen LogP contribution is 2.38. The molecule has 0 aliphatic heterocycles. The predicted octanol–water partition coefficient (Wildman–Crippen LogP) is 1.48. The van der Waals surface area contributed by atoms with Gasteiger partial charge in [-0.05, 0) is 27.8 Å². The van der Waals surface area contributed by atoms with Crippen molar-refractivity contribution in [3.63, 3.8) is 0 Å². The van der Waals surface area contributed by atoms with Gasteiger partial charge in [-0.3, -0.25) is 4.79 Å². The van der Waals surface area contributed by atoms with Crippen molar-refractivity contribution in [3.8, 4) is 0 Å². The van der Waals surface area contributed by atoms with Gasteiger partial charge in [-0.15, -0.1) is 0 Å². The molecule has 0 unspecified atom stereocenters. The van der Waals surface area contributed by atoms with Crippen molar-refractivity contribution in [2.45, 2.75) is 44.4 Å². The summed E-state index contributed by atoms with van der Waals surface area (Å²) >= 11 is 0. The molecule has 2 aromatic rings. The van der Waals surface area contributed by atoms with E-state index in [1.54, 1.807) is 0 Å². The van der Waals surface area contributed by atoms with E-state index >= 15 is 0 Å². The summed E-state index contributed by atoms with van der Waals surface area (Å²) in [5.41, 5.74) is 0. The summed E-state index contributed by atoms with van der Waals surface area (Å²) in [5.74, 6) is -1.60. The molecule has 1 aliphatic rings. The van der Waals surface area contributed by atoms with Crippen LogP contribution in [0.2, 0.25) is 5.04 Å². The van der Waals surface area contributed by atoms with Crippen molar-refractivity contribution in [1.82, 2.24) is 0 Å². The van der Waals surface area contributed by atoms with Crippen LogP contribution in [0.4, 0.5) is 0 Å². The smallest absolute Gasteiger partial charge is 0.261 e. The molecule has 0 saturated heterocycles. The molecule has 3 rings (SSSR count). The van der Waals surface area contributed by atoms with Gasteiger partial charge in [0.25, 0.3) is 8.32 Å². The second-order valence-electron chi connectivity index (χ2n) is 9.17. The van der Waals surface area contributed by atoms with Crippen LogP contribution in [0.25, 0.3) is 0 Å². The number of carbonyl (C=O) groups is 1. The van der Waals surface area contributed by atoms with Gasteiger partial charge in [-0.2, -0.15) is 0 Å². The number of aliphatic hydroxyl groups is 3. The fourth-order valence-electron chi connectivity index (χ4n) is 4.66. The number of hydrogen-bond donors (Lipinski definition) is 3. The number of rotatable bonds is 6. The Balaban J connectivity index is 2.03.